The summed E-state index contributed by atoms with van der Waals surface area (Å²) >= 11 is 3.51. The van der Waals surface area contributed by atoms with Gasteiger partial charge in [-0.1, -0.05) is 22.0 Å². The fourth-order valence-electron chi connectivity index (χ4n) is 2.50. The molecular weight excluding hydrogens is 330 g/mol. The number of amides is 1. The number of nitrogens with one attached hydrogen (secondary N) is 1. The van der Waals surface area contributed by atoms with E-state index in [0.717, 1.165) is 30.7 Å². The number of rotatable bonds is 3. The van der Waals surface area contributed by atoms with Crippen molar-refractivity contribution in [1.29, 1.82) is 0 Å². The van der Waals surface area contributed by atoms with Crippen LogP contribution in [0.2, 0.25) is 0 Å². The van der Waals surface area contributed by atoms with E-state index >= 15 is 0 Å². The third kappa shape index (κ3) is 5.32. The Balaban J connectivity index is 1.82. The van der Waals surface area contributed by atoms with Crippen molar-refractivity contribution in [3.63, 3.8) is 0 Å². The largest absolute Gasteiger partial charge is 0.369 e. The minimum Gasteiger partial charge on any atom is -0.369 e. The summed E-state index contributed by atoms with van der Waals surface area (Å²) in [7, 11) is 0. The van der Waals surface area contributed by atoms with Crippen molar-refractivity contribution in [3.05, 3.63) is 28.7 Å². The average molecular weight is 354 g/mol. The summed E-state index contributed by atoms with van der Waals surface area (Å²) in [5.41, 5.74) is 1.08. The van der Waals surface area contributed by atoms with Gasteiger partial charge in [0, 0.05) is 41.9 Å². The molecule has 1 N–H and O–H groups in total. The zero-order valence-corrected chi connectivity index (χ0v) is 14.6. The van der Waals surface area contributed by atoms with E-state index in [1.54, 1.807) is 0 Å². The Hall–Kier alpha value is -1.07. The molecular formula is C16H24BrN3O. The number of hydrogen-bond donors (Lipinski definition) is 1. The predicted molar refractivity (Wildman–Crippen MR) is 90.7 cm³/mol. The number of piperazine rings is 1. The molecule has 1 aliphatic heterocycles. The van der Waals surface area contributed by atoms with Gasteiger partial charge in [-0.05, 0) is 39.0 Å². The van der Waals surface area contributed by atoms with Gasteiger partial charge < -0.3 is 10.2 Å². The molecule has 1 aromatic rings. The summed E-state index contributed by atoms with van der Waals surface area (Å²) in [6.07, 6.45) is 0. The van der Waals surface area contributed by atoms with Crippen molar-refractivity contribution in [2.75, 3.05) is 37.6 Å². The predicted octanol–water partition coefficient (Wildman–Crippen LogP) is 2.49. The van der Waals surface area contributed by atoms with E-state index in [1.165, 1.54) is 5.69 Å². The first-order chi connectivity index (χ1) is 9.83. The molecule has 4 nitrogen and oxygen atoms in total. The Morgan fingerprint density at radius 2 is 1.90 bits per heavy atom. The molecule has 0 unspecified atom stereocenters. The van der Waals surface area contributed by atoms with Gasteiger partial charge in [0.2, 0.25) is 5.91 Å². The monoisotopic (exact) mass is 353 g/mol. The summed E-state index contributed by atoms with van der Waals surface area (Å²) in [4.78, 5) is 16.5. The first kappa shape index (κ1) is 16.3. The lowest BCUT2D eigenvalue weighted by atomic mass is 10.1. The third-order valence-electron chi connectivity index (χ3n) is 3.43. The summed E-state index contributed by atoms with van der Waals surface area (Å²) in [5, 5.41) is 3.02. The Morgan fingerprint density at radius 3 is 2.48 bits per heavy atom. The second kappa shape index (κ2) is 6.79. The molecule has 116 valence electrons. The minimum atomic E-state index is -0.158. The SMILES string of the molecule is CC(C)(C)NC(=O)CN1CCN(c2cccc(Br)c2)CC1. The second-order valence-electron chi connectivity index (χ2n) is 6.54. The summed E-state index contributed by atoms with van der Waals surface area (Å²) < 4.78 is 1.10. The molecule has 0 aliphatic carbocycles. The molecule has 1 amide bonds. The Morgan fingerprint density at radius 1 is 1.24 bits per heavy atom. The van der Waals surface area contributed by atoms with Crippen LogP contribution < -0.4 is 10.2 Å². The lowest BCUT2D eigenvalue weighted by molar-refractivity contribution is -0.123. The van der Waals surface area contributed by atoms with Gasteiger partial charge in [0.05, 0.1) is 6.54 Å². The number of hydrogen-bond acceptors (Lipinski definition) is 3. The molecule has 0 atom stereocenters. The Bertz CT molecular complexity index is 491. The van der Waals surface area contributed by atoms with Crippen molar-refractivity contribution in [2.24, 2.45) is 0 Å². The van der Waals surface area contributed by atoms with Crippen molar-refractivity contribution < 1.29 is 4.79 Å². The fraction of sp³-hybridized carbons (Fsp3) is 0.562. The molecule has 0 radical (unpaired) electrons. The first-order valence-corrected chi connectivity index (χ1v) is 8.17. The van der Waals surface area contributed by atoms with E-state index in [1.807, 2.05) is 26.8 Å². The van der Waals surface area contributed by atoms with Gasteiger partial charge in [0.25, 0.3) is 0 Å². The zero-order chi connectivity index (χ0) is 15.5. The maximum atomic E-state index is 12.0. The van der Waals surface area contributed by atoms with Crippen LogP contribution in [0.5, 0.6) is 0 Å². The van der Waals surface area contributed by atoms with Crippen molar-refractivity contribution in [2.45, 2.75) is 26.3 Å². The highest BCUT2D eigenvalue weighted by Gasteiger charge is 2.21. The molecule has 1 aliphatic rings. The topological polar surface area (TPSA) is 35.6 Å². The number of carbonyl (C=O) groups is 1. The van der Waals surface area contributed by atoms with Gasteiger partial charge in [0.15, 0.2) is 0 Å². The summed E-state index contributed by atoms with van der Waals surface area (Å²) in [6.45, 7) is 10.3. The van der Waals surface area contributed by atoms with E-state index < -0.39 is 0 Å². The zero-order valence-electron chi connectivity index (χ0n) is 13.0. The van der Waals surface area contributed by atoms with Crippen molar-refractivity contribution in [3.8, 4) is 0 Å². The van der Waals surface area contributed by atoms with Gasteiger partial charge in [-0.2, -0.15) is 0 Å². The summed E-state index contributed by atoms with van der Waals surface area (Å²) in [6, 6.07) is 8.37. The molecule has 0 aromatic heterocycles. The van der Waals surface area contributed by atoms with E-state index in [9.17, 15) is 4.79 Å². The maximum Gasteiger partial charge on any atom is 0.234 e. The van der Waals surface area contributed by atoms with Crippen LogP contribution in [0.15, 0.2) is 28.7 Å². The molecule has 1 fully saturated rings. The highest BCUT2D eigenvalue weighted by molar-refractivity contribution is 9.10. The minimum absolute atomic E-state index is 0.110. The highest BCUT2D eigenvalue weighted by atomic mass is 79.9. The fourth-order valence-corrected chi connectivity index (χ4v) is 2.89. The number of nitrogens with zero attached hydrogens (tertiary/aromatic N) is 2. The van der Waals surface area contributed by atoms with Crippen LogP contribution in [0.1, 0.15) is 20.8 Å². The first-order valence-electron chi connectivity index (χ1n) is 7.37. The normalized spacial score (nSPS) is 16.9. The number of carbonyl (C=O) groups excluding carboxylic acids is 1. The van der Waals surface area contributed by atoms with Crippen molar-refractivity contribution >= 4 is 27.5 Å². The number of benzene rings is 1. The quantitative estimate of drug-likeness (QED) is 0.906. The molecule has 21 heavy (non-hydrogen) atoms. The number of halogens is 1. The molecule has 0 spiro atoms. The molecule has 1 aromatic carbocycles. The van der Waals surface area contributed by atoms with Crippen LogP contribution in [0.25, 0.3) is 0 Å². The molecule has 0 saturated carbocycles. The van der Waals surface area contributed by atoms with Gasteiger partial charge in [-0.25, -0.2) is 0 Å². The van der Waals surface area contributed by atoms with Crippen LogP contribution in [0.4, 0.5) is 5.69 Å². The van der Waals surface area contributed by atoms with Crippen LogP contribution in [-0.4, -0.2) is 49.1 Å². The standard InChI is InChI=1S/C16H24BrN3O/c1-16(2,3)18-15(21)12-19-7-9-20(10-8-19)14-6-4-5-13(17)11-14/h4-6,11H,7-10,12H2,1-3H3,(H,18,21). The molecule has 1 saturated heterocycles. The van der Waals surface area contributed by atoms with Crippen LogP contribution >= 0.6 is 15.9 Å². The average Bonchev–Trinajstić information content (AvgIpc) is 2.37. The number of anilines is 1. The van der Waals surface area contributed by atoms with Crippen LogP contribution in [0, 0.1) is 0 Å². The smallest absolute Gasteiger partial charge is 0.234 e. The molecule has 0 bridgehead atoms. The lowest BCUT2D eigenvalue weighted by Crippen LogP contribution is -2.51. The van der Waals surface area contributed by atoms with Crippen LogP contribution in [0.3, 0.4) is 0 Å². The molecule has 1 heterocycles. The van der Waals surface area contributed by atoms with E-state index in [4.69, 9.17) is 0 Å². The highest BCUT2D eigenvalue weighted by Crippen LogP contribution is 2.21. The molecule has 5 heteroatoms. The van der Waals surface area contributed by atoms with Crippen LogP contribution in [-0.2, 0) is 4.79 Å². The lowest BCUT2D eigenvalue weighted by Gasteiger charge is -2.36. The Labute approximate surface area is 135 Å². The van der Waals surface area contributed by atoms with E-state index in [2.05, 4.69) is 49.2 Å². The van der Waals surface area contributed by atoms with Gasteiger partial charge in [-0.15, -0.1) is 0 Å². The van der Waals surface area contributed by atoms with Gasteiger partial charge in [-0.3, -0.25) is 9.69 Å². The van der Waals surface area contributed by atoms with Gasteiger partial charge >= 0.3 is 0 Å². The van der Waals surface area contributed by atoms with Crippen molar-refractivity contribution in [1.82, 2.24) is 10.2 Å². The maximum absolute atomic E-state index is 12.0. The van der Waals surface area contributed by atoms with Gasteiger partial charge in [0.1, 0.15) is 0 Å². The van der Waals surface area contributed by atoms with E-state index in [0.29, 0.717) is 6.54 Å². The second-order valence-corrected chi connectivity index (χ2v) is 7.46. The third-order valence-corrected chi connectivity index (χ3v) is 3.92. The van der Waals surface area contributed by atoms with E-state index in [-0.39, 0.29) is 11.4 Å². The summed E-state index contributed by atoms with van der Waals surface area (Å²) in [5.74, 6) is 0.110. The molecule has 2 rings (SSSR count). The Kier molecular flexibility index (Phi) is 5.27.